The van der Waals surface area contributed by atoms with Crippen LogP contribution in [0.3, 0.4) is 0 Å². The van der Waals surface area contributed by atoms with Gasteiger partial charge in [-0.2, -0.15) is 0 Å². The van der Waals surface area contributed by atoms with Gasteiger partial charge in [-0.05, 0) is 54.4 Å². The molecule has 3 amide bonds. The summed E-state index contributed by atoms with van der Waals surface area (Å²) in [5.41, 5.74) is 2.68. The third-order valence-corrected chi connectivity index (χ3v) is 8.35. The zero-order valence-electron chi connectivity index (χ0n) is 20.2. The molecule has 2 saturated carbocycles. The summed E-state index contributed by atoms with van der Waals surface area (Å²) in [7, 11) is 0. The number of hydrogen-bond donors (Lipinski definition) is 0. The van der Waals surface area contributed by atoms with Gasteiger partial charge in [0.15, 0.2) is 0 Å². The van der Waals surface area contributed by atoms with E-state index < -0.39 is 6.04 Å². The van der Waals surface area contributed by atoms with Gasteiger partial charge in [-0.25, -0.2) is 0 Å². The zero-order chi connectivity index (χ0) is 24.6. The number of hydrogen-bond acceptors (Lipinski definition) is 3. The Morgan fingerprint density at radius 2 is 1.25 bits per heavy atom. The number of amides is 3. The summed E-state index contributed by atoms with van der Waals surface area (Å²) >= 11 is 0. The van der Waals surface area contributed by atoms with E-state index in [4.69, 9.17) is 0 Å². The lowest BCUT2D eigenvalue weighted by molar-refractivity contribution is -0.148. The lowest BCUT2D eigenvalue weighted by atomic mass is 9.81. The molecule has 2 bridgehead atoms. The third-order valence-electron chi connectivity index (χ3n) is 8.35. The molecule has 2 aliphatic carbocycles. The number of fused-ring (bicyclic) bond motifs is 5. The molecule has 5 heteroatoms. The molecule has 1 heterocycles. The van der Waals surface area contributed by atoms with Crippen molar-refractivity contribution in [2.24, 2.45) is 23.7 Å². The van der Waals surface area contributed by atoms with E-state index in [1.165, 1.54) is 4.90 Å². The molecular weight excluding hydrogens is 448 g/mol. The number of carbonyl (C=O) groups is 3. The Morgan fingerprint density at radius 1 is 0.750 bits per heavy atom. The van der Waals surface area contributed by atoms with Crippen molar-refractivity contribution in [3.05, 3.63) is 102 Å². The number of likely N-dealkylation sites (tertiary alicyclic amines) is 1. The minimum absolute atomic E-state index is 0.140. The van der Waals surface area contributed by atoms with Crippen molar-refractivity contribution in [3.8, 4) is 0 Å². The van der Waals surface area contributed by atoms with Crippen LogP contribution in [0.5, 0.6) is 0 Å². The van der Waals surface area contributed by atoms with Gasteiger partial charge in [0.05, 0.1) is 18.4 Å². The highest BCUT2D eigenvalue weighted by Crippen LogP contribution is 2.56. The summed E-state index contributed by atoms with van der Waals surface area (Å²) in [5.74, 6) is -0.434. The van der Waals surface area contributed by atoms with E-state index >= 15 is 0 Å². The number of anilines is 1. The molecule has 5 nitrogen and oxygen atoms in total. The molecule has 3 fully saturated rings. The van der Waals surface area contributed by atoms with Gasteiger partial charge in [-0.15, -0.1) is 0 Å². The zero-order valence-corrected chi connectivity index (χ0v) is 20.2. The summed E-state index contributed by atoms with van der Waals surface area (Å²) in [6.07, 6.45) is 3.31. The fourth-order valence-corrected chi connectivity index (χ4v) is 6.72. The van der Waals surface area contributed by atoms with E-state index in [1.807, 2.05) is 91.0 Å². The maximum absolute atomic E-state index is 14.4. The number of carbonyl (C=O) groups excluding carboxylic acids is 3. The van der Waals surface area contributed by atoms with Gasteiger partial charge < -0.3 is 4.90 Å². The van der Waals surface area contributed by atoms with E-state index in [-0.39, 0.29) is 41.4 Å². The SMILES string of the molecule is O=C([C@H](Cc1ccccc1)N1C(=O)[C@H]2[C@@H]3CC[C@@H](C3)[C@@H]2C1=O)N(Cc1ccccc1)c1ccccc1. The summed E-state index contributed by atoms with van der Waals surface area (Å²) in [6.45, 7) is 0.364. The maximum Gasteiger partial charge on any atom is 0.250 e. The maximum atomic E-state index is 14.4. The smallest absolute Gasteiger partial charge is 0.250 e. The van der Waals surface area contributed by atoms with Crippen LogP contribution in [0.1, 0.15) is 30.4 Å². The largest absolute Gasteiger partial charge is 0.306 e. The standard InChI is InChI=1S/C31H30N2O3/c34-29(32(25-14-8-3-9-15-25)20-22-12-6-2-7-13-22)26(18-21-10-4-1-5-11-21)33-30(35)27-23-16-17-24(19-23)28(27)31(33)36/h1-15,23-24,26-28H,16-20H2/t23-,24+,26-,27-,28-/m0/s1. The predicted molar refractivity (Wildman–Crippen MR) is 138 cm³/mol. The van der Waals surface area contributed by atoms with E-state index in [1.54, 1.807) is 4.90 Å². The second-order valence-corrected chi connectivity index (χ2v) is 10.4. The van der Waals surface area contributed by atoms with Crippen molar-refractivity contribution in [2.45, 2.75) is 38.3 Å². The molecule has 0 N–H and O–H groups in total. The van der Waals surface area contributed by atoms with Crippen LogP contribution >= 0.6 is 0 Å². The van der Waals surface area contributed by atoms with Crippen LogP contribution in [0.15, 0.2) is 91.0 Å². The van der Waals surface area contributed by atoms with Gasteiger partial charge in [0.1, 0.15) is 6.04 Å². The molecule has 0 spiro atoms. The highest BCUT2D eigenvalue weighted by Gasteiger charge is 2.62. The first kappa shape index (κ1) is 22.7. The highest BCUT2D eigenvalue weighted by molar-refractivity contribution is 6.11. The van der Waals surface area contributed by atoms with Gasteiger partial charge in [-0.1, -0.05) is 78.9 Å². The molecule has 1 saturated heterocycles. The topological polar surface area (TPSA) is 57.7 Å². The molecule has 6 rings (SSSR count). The second kappa shape index (κ2) is 9.38. The molecule has 0 aromatic heterocycles. The second-order valence-electron chi connectivity index (χ2n) is 10.4. The van der Waals surface area contributed by atoms with Gasteiger partial charge in [0.2, 0.25) is 11.8 Å². The van der Waals surface area contributed by atoms with Crippen molar-refractivity contribution >= 4 is 23.4 Å². The summed E-state index contributed by atoms with van der Waals surface area (Å²) in [6, 6.07) is 28.2. The Balaban J connectivity index is 1.39. The van der Waals surface area contributed by atoms with Gasteiger partial charge in [-0.3, -0.25) is 19.3 Å². The molecule has 0 radical (unpaired) electrons. The van der Waals surface area contributed by atoms with Crippen LogP contribution < -0.4 is 4.90 Å². The molecular formula is C31H30N2O3. The molecule has 3 aromatic carbocycles. The Kier molecular flexibility index (Phi) is 5.92. The van der Waals surface area contributed by atoms with Crippen LogP contribution in [0.2, 0.25) is 0 Å². The Labute approximate surface area is 211 Å². The van der Waals surface area contributed by atoms with Crippen LogP contribution in [0.4, 0.5) is 5.69 Å². The van der Waals surface area contributed by atoms with Crippen molar-refractivity contribution in [1.29, 1.82) is 0 Å². The lowest BCUT2D eigenvalue weighted by Gasteiger charge is -2.32. The number of imide groups is 1. The summed E-state index contributed by atoms with van der Waals surface area (Å²) in [4.78, 5) is 45.0. The Morgan fingerprint density at radius 3 is 1.81 bits per heavy atom. The van der Waals surface area contributed by atoms with Crippen LogP contribution in [0, 0.1) is 23.7 Å². The first-order valence-electron chi connectivity index (χ1n) is 12.9. The average molecular weight is 479 g/mol. The molecule has 0 unspecified atom stereocenters. The number of benzene rings is 3. The fraction of sp³-hybridized carbons (Fsp3) is 0.323. The summed E-state index contributed by atoms with van der Waals surface area (Å²) in [5, 5.41) is 0. The Bertz CT molecular complexity index is 1230. The van der Waals surface area contributed by atoms with Crippen molar-refractivity contribution < 1.29 is 14.4 Å². The molecule has 3 aromatic rings. The van der Waals surface area contributed by atoms with Gasteiger partial charge in [0.25, 0.3) is 5.91 Å². The lowest BCUT2D eigenvalue weighted by Crippen LogP contribution is -2.53. The number of para-hydroxylation sites is 1. The molecule has 36 heavy (non-hydrogen) atoms. The van der Waals surface area contributed by atoms with Crippen molar-refractivity contribution in [1.82, 2.24) is 4.90 Å². The van der Waals surface area contributed by atoms with E-state index in [0.717, 1.165) is 36.1 Å². The quantitative estimate of drug-likeness (QED) is 0.456. The predicted octanol–water partition coefficient (Wildman–Crippen LogP) is 4.86. The van der Waals surface area contributed by atoms with Gasteiger partial charge >= 0.3 is 0 Å². The van der Waals surface area contributed by atoms with E-state index in [2.05, 4.69) is 0 Å². The average Bonchev–Trinajstić information content (AvgIpc) is 3.61. The minimum Gasteiger partial charge on any atom is -0.306 e. The van der Waals surface area contributed by atoms with Crippen LogP contribution in [-0.2, 0) is 27.3 Å². The molecule has 182 valence electrons. The van der Waals surface area contributed by atoms with Crippen LogP contribution in [0.25, 0.3) is 0 Å². The number of rotatable bonds is 7. The molecule has 3 aliphatic rings. The molecule has 5 atom stereocenters. The van der Waals surface area contributed by atoms with E-state index in [9.17, 15) is 14.4 Å². The minimum atomic E-state index is -0.874. The fourth-order valence-electron chi connectivity index (χ4n) is 6.72. The normalized spacial score (nSPS) is 25.2. The monoisotopic (exact) mass is 478 g/mol. The number of nitrogens with zero attached hydrogens (tertiary/aromatic N) is 2. The van der Waals surface area contributed by atoms with Crippen molar-refractivity contribution in [2.75, 3.05) is 4.90 Å². The highest BCUT2D eigenvalue weighted by atomic mass is 16.2. The van der Waals surface area contributed by atoms with Crippen LogP contribution in [-0.4, -0.2) is 28.7 Å². The third kappa shape index (κ3) is 3.93. The summed E-state index contributed by atoms with van der Waals surface area (Å²) < 4.78 is 0. The van der Waals surface area contributed by atoms with E-state index in [0.29, 0.717) is 13.0 Å². The van der Waals surface area contributed by atoms with Crippen molar-refractivity contribution in [3.63, 3.8) is 0 Å². The molecule has 1 aliphatic heterocycles. The van der Waals surface area contributed by atoms with Gasteiger partial charge in [0, 0.05) is 12.1 Å². The first-order valence-corrected chi connectivity index (χ1v) is 12.9. The Hall–Kier alpha value is -3.73. The first-order chi connectivity index (χ1) is 17.6.